The number of carboxylic acids is 1. The van der Waals surface area contributed by atoms with Crippen molar-refractivity contribution in [3.05, 3.63) is 26.6 Å². The molecule has 0 radical (unpaired) electrons. The molecule has 0 unspecified atom stereocenters. The average Bonchev–Trinajstić information content (AvgIpc) is 2.13. The van der Waals surface area contributed by atoms with Gasteiger partial charge >= 0.3 is 5.97 Å². The number of hydrogen-bond acceptors (Lipinski definition) is 3. The van der Waals surface area contributed by atoms with E-state index in [0.29, 0.717) is 8.95 Å². The van der Waals surface area contributed by atoms with Crippen molar-refractivity contribution >= 4 is 37.8 Å². The second-order valence-electron chi connectivity index (χ2n) is 3.06. The zero-order valence-corrected chi connectivity index (χ0v) is 11.7. The number of phenols is 1. The van der Waals surface area contributed by atoms with Crippen LogP contribution in [0.2, 0.25) is 0 Å². The van der Waals surface area contributed by atoms with E-state index in [2.05, 4.69) is 31.9 Å². The van der Waals surface area contributed by atoms with Crippen LogP contribution in [-0.4, -0.2) is 33.2 Å². The average molecular weight is 375 g/mol. The minimum atomic E-state index is -1.05. The Morgan fingerprint density at radius 3 is 2.06 bits per heavy atom. The number of halogens is 2. The fourth-order valence-electron chi connectivity index (χ4n) is 1.08. The van der Waals surface area contributed by atoms with Crippen molar-refractivity contribution < 1.29 is 26.0 Å². The number of phenolic OH excluding ortho intramolecular Hbond substituents is 1. The summed E-state index contributed by atoms with van der Waals surface area (Å²) in [6, 6.07) is 2.35. The van der Waals surface area contributed by atoms with Crippen molar-refractivity contribution in [2.45, 2.75) is 12.5 Å². The fourth-order valence-corrected chi connectivity index (χ4v) is 2.36. The first-order valence-electron chi connectivity index (χ1n) is 4.07. The van der Waals surface area contributed by atoms with Gasteiger partial charge < -0.3 is 26.9 Å². The standard InChI is InChI=1S/C9H9Br2NO3.2H2O/c10-5-1-4(2-6(11)8(5)13)3-7(12)9(14)15;;/h1-2,7,13H,3,12H2,(H,14,15);2*1H2/t7-;;/m1../s1. The zero-order chi connectivity index (χ0) is 11.6. The minimum Gasteiger partial charge on any atom is -0.506 e. The highest BCUT2D eigenvalue weighted by Crippen LogP contribution is 2.33. The van der Waals surface area contributed by atoms with Gasteiger partial charge in [-0.05, 0) is 56.0 Å². The highest BCUT2D eigenvalue weighted by Gasteiger charge is 2.14. The van der Waals surface area contributed by atoms with Crippen LogP contribution in [0.3, 0.4) is 0 Å². The molecule has 0 aliphatic heterocycles. The van der Waals surface area contributed by atoms with E-state index in [1.165, 1.54) is 0 Å². The van der Waals surface area contributed by atoms with Gasteiger partial charge in [0, 0.05) is 0 Å². The first-order valence-corrected chi connectivity index (χ1v) is 5.65. The number of carboxylic acid groups (broad SMARTS) is 1. The van der Waals surface area contributed by atoms with Gasteiger partial charge in [-0.2, -0.15) is 0 Å². The number of nitrogens with two attached hydrogens (primary N) is 1. The van der Waals surface area contributed by atoms with Crippen LogP contribution in [0.5, 0.6) is 5.75 Å². The summed E-state index contributed by atoms with van der Waals surface area (Å²) in [6.45, 7) is 0. The molecule has 0 saturated carbocycles. The molecule has 1 atom stereocenters. The molecule has 1 aromatic rings. The van der Waals surface area contributed by atoms with Gasteiger partial charge in [0.1, 0.15) is 11.8 Å². The monoisotopic (exact) mass is 373 g/mol. The maximum absolute atomic E-state index is 10.5. The lowest BCUT2D eigenvalue weighted by molar-refractivity contribution is -0.138. The summed E-state index contributed by atoms with van der Waals surface area (Å²) in [4.78, 5) is 10.5. The lowest BCUT2D eigenvalue weighted by atomic mass is 10.1. The van der Waals surface area contributed by atoms with E-state index in [-0.39, 0.29) is 23.1 Å². The summed E-state index contributed by atoms with van der Waals surface area (Å²) in [5.41, 5.74) is 6.13. The van der Waals surface area contributed by atoms with Crippen LogP contribution < -0.4 is 5.73 Å². The molecular formula is C9H13Br2NO5. The maximum atomic E-state index is 10.5. The van der Waals surface area contributed by atoms with E-state index in [4.69, 9.17) is 10.8 Å². The number of aromatic hydroxyl groups is 1. The lowest BCUT2D eigenvalue weighted by Crippen LogP contribution is -2.32. The van der Waals surface area contributed by atoms with Crippen molar-refractivity contribution in [1.82, 2.24) is 0 Å². The van der Waals surface area contributed by atoms with Gasteiger partial charge in [0.2, 0.25) is 0 Å². The minimum absolute atomic E-state index is 0. The SMILES string of the molecule is N[C@H](Cc1cc(Br)c(O)c(Br)c1)C(=O)O.O.O. The summed E-state index contributed by atoms with van der Waals surface area (Å²) in [7, 11) is 0. The van der Waals surface area contributed by atoms with E-state index in [1.54, 1.807) is 12.1 Å². The Morgan fingerprint density at radius 2 is 1.71 bits per heavy atom. The summed E-state index contributed by atoms with van der Waals surface area (Å²) in [5.74, 6) is -0.960. The molecule has 1 rings (SSSR count). The van der Waals surface area contributed by atoms with Crippen LogP contribution in [0.1, 0.15) is 5.56 Å². The number of hydrogen-bond donors (Lipinski definition) is 3. The second kappa shape index (κ2) is 7.62. The van der Waals surface area contributed by atoms with Crippen LogP contribution in [0.25, 0.3) is 0 Å². The topological polar surface area (TPSA) is 147 Å². The summed E-state index contributed by atoms with van der Waals surface area (Å²) in [5, 5.41) is 18.1. The van der Waals surface area contributed by atoms with Crippen molar-refractivity contribution in [1.29, 1.82) is 0 Å². The first kappa shape index (κ1) is 18.7. The van der Waals surface area contributed by atoms with Crippen LogP contribution in [0.4, 0.5) is 0 Å². The van der Waals surface area contributed by atoms with Gasteiger partial charge in [-0.1, -0.05) is 0 Å². The third kappa shape index (κ3) is 5.00. The van der Waals surface area contributed by atoms with Crippen molar-refractivity contribution in [3.63, 3.8) is 0 Å². The number of benzene rings is 1. The van der Waals surface area contributed by atoms with Gasteiger partial charge in [-0.25, -0.2) is 0 Å². The molecule has 0 aromatic heterocycles. The predicted molar refractivity (Wildman–Crippen MR) is 70.0 cm³/mol. The Hall–Kier alpha value is -0.670. The molecule has 0 amide bonds. The van der Waals surface area contributed by atoms with E-state index in [0.717, 1.165) is 5.56 Å². The molecule has 98 valence electrons. The largest absolute Gasteiger partial charge is 0.506 e. The molecule has 0 aliphatic rings. The molecule has 0 spiro atoms. The fraction of sp³-hybridized carbons (Fsp3) is 0.222. The Kier molecular flexibility index (Phi) is 8.37. The molecule has 8 heteroatoms. The Morgan fingerprint density at radius 1 is 1.29 bits per heavy atom. The van der Waals surface area contributed by atoms with Crippen LogP contribution in [-0.2, 0) is 11.2 Å². The number of aliphatic carboxylic acids is 1. The van der Waals surface area contributed by atoms with Crippen LogP contribution in [0, 0.1) is 0 Å². The van der Waals surface area contributed by atoms with Gasteiger partial charge in [0.25, 0.3) is 0 Å². The highest BCUT2D eigenvalue weighted by molar-refractivity contribution is 9.11. The maximum Gasteiger partial charge on any atom is 0.320 e. The number of rotatable bonds is 3. The molecule has 6 nitrogen and oxygen atoms in total. The van der Waals surface area contributed by atoms with E-state index >= 15 is 0 Å². The summed E-state index contributed by atoms with van der Waals surface area (Å²) >= 11 is 6.31. The molecule has 0 aliphatic carbocycles. The quantitative estimate of drug-likeness (QED) is 0.694. The Labute approximate surface area is 114 Å². The molecule has 0 saturated heterocycles. The van der Waals surface area contributed by atoms with Crippen molar-refractivity contribution in [3.8, 4) is 5.75 Å². The van der Waals surface area contributed by atoms with Gasteiger partial charge in [0.15, 0.2) is 0 Å². The first-order chi connectivity index (χ1) is 6.91. The predicted octanol–water partition coefficient (Wildman–Crippen LogP) is 0.222. The smallest absolute Gasteiger partial charge is 0.320 e. The van der Waals surface area contributed by atoms with Gasteiger partial charge in [-0.3, -0.25) is 4.79 Å². The van der Waals surface area contributed by atoms with Crippen molar-refractivity contribution in [2.75, 3.05) is 0 Å². The molecule has 0 bridgehead atoms. The molecular weight excluding hydrogens is 362 g/mol. The van der Waals surface area contributed by atoms with Gasteiger partial charge in [0.05, 0.1) is 8.95 Å². The Balaban J connectivity index is 0. The third-order valence-electron chi connectivity index (χ3n) is 1.85. The highest BCUT2D eigenvalue weighted by atomic mass is 79.9. The lowest BCUT2D eigenvalue weighted by Gasteiger charge is -2.08. The summed E-state index contributed by atoms with van der Waals surface area (Å²) in [6.07, 6.45) is 0.215. The number of carbonyl (C=O) groups is 1. The van der Waals surface area contributed by atoms with Gasteiger partial charge in [-0.15, -0.1) is 0 Å². The zero-order valence-electron chi connectivity index (χ0n) is 8.58. The second-order valence-corrected chi connectivity index (χ2v) is 4.77. The molecule has 1 aromatic carbocycles. The molecule has 0 fully saturated rings. The Bertz CT molecular complexity index is 376. The van der Waals surface area contributed by atoms with Crippen LogP contribution >= 0.6 is 31.9 Å². The van der Waals surface area contributed by atoms with E-state index in [9.17, 15) is 9.90 Å². The third-order valence-corrected chi connectivity index (χ3v) is 3.06. The van der Waals surface area contributed by atoms with Crippen LogP contribution in [0.15, 0.2) is 21.1 Å². The van der Waals surface area contributed by atoms with E-state index in [1.807, 2.05) is 0 Å². The van der Waals surface area contributed by atoms with E-state index < -0.39 is 12.0 Å². The summed E-state index contributed by atoms with van der Waals surface area (Å²) < 4.78 is 1.01. The molecule has 0 heterocycles. The molecule has 8 N–H and O–H groups in total. The normalized spacial score (nSPS) is 11.0. The molecule has 17 heavy (non-hydrogen) atoms. The van der Waals surface area contributed by atoms with Crippen molar-refractivity contribution in [2.24, 2.45) is 5.73 Å².